The first-order valence-corrected chi connectivity index (χ1v) is 5.19. The largest absolute Gasteiger partial charge is 0.244 e. The maximum atomic E-state index is 4.20. The second-order valence-corrected chi connectivity index (χ2v) is 3.80. The first-order valence-electron chi connectivity index (χ1n) is 4.41. The van der Waals surface area contributed by atoms with Gasteiger partial charge in [-0.1, -0.05) is 6.07 Å². The molecule has 0 atom stereocenters. The molecular formula is C10H6N4S. The van der Waals surface area contributed by atoms with Crippen molar-refractivity contribution in [3.63, 3.8) is 0 Å². The highest BCUT2D eigenvalue weighted by Crippen LogP contribution is 2.33. The smallest absolute Gasteiger partial charge is 0.116 e. The number of aromatic nitrogens is 2. The Hall–Kier alpha value is -1.75. The lowest BCUT2D eigenvalue weighted by Gasteiger charge is -2.03. The molecule has 1 aliphatic heterocycles. The Bertz CT molecular complexity index is 577. The molecule has 0 amide bonds. The average Bonchev–Trinajstić information content (AvgIpc) is 2.54. The van der Waals surface area contributed by atoms with E-state index in [1.165, 1.54) is 11.9 Å². The Morgan fingerprint density at radius 1 is 1.20 bits per heavy atom. The zero-order chi connectivity index (χ0) is 10.1. The molecule has 0 fully saturated rings. The lowest BCUT2D eigenvalue weighted by molar-refractivity contribution is 1.21. The lowest BCUT2D eigenvalue weighted by atomic mass is 10.1. The van der Waals surface area contributed by atoms with E-state index in [-0.39, 0.29) is 0 Å². The SMILES string of the molecule is C1=Cc2ccc3ncncc3c2SN=N1. The second kappa shape index (κ2) is 3.43. The molecular weight excluding hydrogens is 208 g/mol. The molecule has 0 aliphatic carbocycles. The van der Waals surface area contributed by atoms with Crippen LogP contribution in [0.5, 0.6) is 0 Å². The fraction of sp³-hybridized carbons (Fsp3) is 0. The molecule has 15 heavy (non-hydrogen) atoms. The van der Waals surface area contributed by atoms with E-state index >= 15 is 0 Å². The van der Waals surface area contributed by atoms with Crippen LogP contribution in [0.15, 0.2) is 45.4 Å². The lowest BCUT2D eigenvalue weighted by Crippen LogP contribution is -1.85. The Kier molecular flexibility index (Phi) is 1.96. The van der Waals surface area contributed by atoms with Gasteiger partial charge in [-0.05, 0) is 17.7 Å². The van der Waals surface area contributed by atoms with E-state index in [9.17, 15) is 0 Å². The van der Waals surface area contributed by atoms with Crippen molar-refractivity contribution in [3.05, 3.63) is 36.4 Å². The van der Waals surface area contributed by atoms with Gasteiger partial charge in [-0.3, -0.25) is 0 Å². The van der Waals surface area contributed by atoms with E-state index in [0.717, 1.165) is 21.4 Å². The maximum Gasteiger partial charge on any atom is 0.116 e. The third-order valence-corrected chi connectivity index (χ3v) is 2.98. The molecule has 0 bridgehead atoms. The van der Waals surface area contributed by atoms with Crippen LogP contribution in [0.1, 0.15) is 5.56 Å². The highest BCUT2D eigenvalue weighted by Gasteiger charge is 2.08. The molecule has 0 N–H and O–H groups in total. The third kappa shape index (κ3) is 1.41. The molecule has 72 valence electrons. The van der Waals surface area contributed by atoms with Crippen molar-refractivity contribution in [1.82, 2.24) is 9.97 Å². The maximum absolute atomic E-state index is 4.20. The summed E-state index contributed by atoms with van der Waals surface area (Å²) in [5, 5.41) is 4.88. The van der Waals surface area contributed by atoms with Gasteiger partial charge in [0, 0.05) is 23.5 Å². The number of fused-ring (bicyclic) bond motifs is 3. The first kappa shape index (κ1) is 8.55. The van der Waals surface area contributed by atoms with Crippen molar-refractivity contribution in [3.8, 4) is 0 Å². The summed E-state index contributed by atoms with van der Waals surface area (Å²) < 4.78 is 3.96. The second-order valence-electron chi connectivity index (χ2n) is 3.04. The zero-order valence-corrected chi connectivity index (χ0v) is 8.48. The topological polar surface area (TPSA) is 50.5 Å². The molecule has 1 aromatic heterocycles. The van der Waals surface area contributed by atoms with Crippen LogP contribution in [-0.2, 0) is 0 Å². The summed E-state index contributed by atoms with van der Waals surface area (Å²) in [6.07, 6.45) is 6.98. The quantitative estimate of drug-likeness (QED) is 0.633. The summed E-state index contributed by atoms with van der Waals surface area (Å²) in [5.41, 5.74) is 2.04. The van der Waals surface area contributed by atoms with Crippen molar-refractivity contribution in [1.29, 1.82) is 0 Å². The van der Waals surface area contributed by atoms with Gasteiger partial charge in [-0.2, -0.15) is 5.11 Å². The molecule has 2 heterocycles. The zero-order valence-electron chi connectivity index (χ0n) is 7.66. The summed E-state index contributed by atoms with van der Waals surface area (Å²) in [7, 11) is 0. The molecule has 1 aliphatic rings. The molecule has 4 nitrogen and oxygen atoms in total. The minimum absolute atomic E-state index is 0.932. The summed E-state index contributed by atoms with van der Waals surface area (Å²) in [6.45, 7) is 0. The van der Waals surface area contributed by atoms with Crippen LogP contribution in [0, 0.1) is 0 Å². The predicted molar refractivity (Wildman–Crippen MR) is 59.3 cm³/mol. The van der Waals surface area contributed by atoms with E-state index in [2.05, 4.69) is 19.6 Å². The van der Waals surface area contributed by atoms with Crippen molar-refractivity contribution in [2.24, 2.45) is 9.63 Å². The normalized spacial score (nSPS) is 13.9. The summed E-state index contributed by atoms with van der Waals surface area (Å²) in [6, 6.07) is 4.00. The molecule has 0 saturated carbocycles. The van der Waals surface area contributed by atoms with Gasteiger partial charge in [0.15, 0.2) is 0 Å². The monoisotopic (exact) mass is 214 g/mol. The van der Waals surface area contributed by atoms with E-state index < -0.39 is 0 Å². The molecule has 0 saturated heterocycles. The Labute approximate surface area is 90.3 Å². The van der Waals surface area contributed by atoms with Crippen molar-refractivity contribution < 1.29 is 0 Å². The fourth-order valence-corrected chi connectivity index (χ4v) is 2.17. The van der Waals surface area contributed by atoms with Crippen LogP contribution < -0.4 is 0 Å². The average molecular weight is 214 g/mol. The minimum Gasteiger partial charge on any atom is -0.244 e. The third-order valence-electron chi connectivity index (χ3n) is 2.17. The highest BCUT2D eigenvalue weighted by molar-refractivity contribution is 7.98. The minimum atomic E-state index is 0.932. The van der Waals surface area contributed by atoms with E-state index in [1.807, 2.05) is 24.4 Å². The van der Waals surface area contributed by atoms with Gasteiger partial charge in [0.05, 0.1) is 16.6 Å². The molecule has 0 radical (unpaired) electrons. The summed E-state index contributed by atoms with van der Waals surface area (Å²) in [4.78, 5) is 9.29. The molecule has 1 aromatic carbocycles. The van der Waals surface area contributed by atoms with Crippen molar-refractivity contribution >= 4 is 28.9 Å². The van der Waals surface area contributed by atoms with Gasteiger partial charge in [-0.15, -0.1) is 4.52 Å². The predicted octanol–water partition coefficient (Wildman–Crippen LogP) is 3.07. The standard InChI is InChI=1S/C10H6N4S/c1-2-9-8(5-11-6-12-9)10-7(1)3-4-13-14-15-10/h1-6H. The van der Waals surface area contributed by atoms with Gasteiger partial charge < -0.3 is 0 Å². The van der Waals surface area contributed by atoms with E-state index in [1.54, 1.807) is 12.5 Å². The van der Waals surface area contributed by atoms with Crippen LogP contribution in [-0.4, -0.2) is 9.97 Å². The Morgan fingerprint density at radius 3 is 3.20 bits per heavy atom. The van der Waals surface area contributed by atoms with Crippen LogP contribution >= 0.6 is 11.9 Å². The van der Waals surface area contributed by atoms with Crippen LogP contribution in [0.25, 0.3) is 17.0 Å². The highest BCUT2D eigenvalue weighted by atomic mass is 32.2. The van der Waals surface area contributed by atoms with Gasteiger partial charge in [0.2, 0.25) is 0 Å². The van der Waals surface area contributed by atoms with Gasteiger partial charge in [0.1, 0.15) is 6.33 Å². The van der Waals surface area contributed by atoms with E-state index in [4.69, 9.17) is 0 Å². The van der Waals surface area contributed by atoms with Gasteiger partial charge in [-0.25, -0.2) is 9.97 Å². The van der Waals surface area contributed by atoms with Crippen molar-refractivity contribution in [2.45, 2.75) is 4.90 Å². The number of benzene rings is 1. The first-order chi connectivity index (χ1) is 7.45. The Morgan fingerprint density at radius 2 is 2.20 bits per heavy atom. The van der Waals surface area contributed by atoms with Crippen LogP contribution in [0.4, 0.5) is 0 Å². The molecule has 5 heteroatoms. The van der Waals surface area contributed by atoms with Gasteiger partial charge in [0.25, 0.3) is 0 Å². The molecule has 0 unspecified atom stereocenters. The summed E-state index contributed by atoms with van der Waals surface area (Å²) >= 11 is 1.35. The summed E-state index contributed by atoms with van der Waals surface area (Å²) in [5.74, 6) is 0. The van der Waals surface area contributed by atoms with Gasteiger partial charge >= 0.3 is 0 Å². The molecule has 3 rings (SSSR count). The number of rotatable bonds is 0. The van der Waals surface area contributed by atoms with Crippen LogP contribution in [0.3, 0.4) is 0 Å². The fourth-order valence-electron chi connectivity index (χ4n) is 1.49. The van der Waals surface area contributed by atoms with Crippen LogP contribution in [0.2, 0.25) is 0 Å². The Balaban J connectivity index is 2.38. The number of hydrogen-bond donors (Lipinski definition) is 0. The molecule has 0 spiro atoms. The molecule has 2 aromatic rings. The van der Waals surface area contributed by atoms with Crippen molar-refractivity contribution in [2.75, 3.05) is 0 Å². The number of hydrogen-bond acceptors (Lipinski definition) is 5. The van der Waals surface area contributed by atoms with E-state index in [0.29, 0.717) is 0 Å². The number of nitrogens with zero attached hydrogens (tertiary/aromatic N) is 4.